The summed E-state index contributed by atoms with van der Waals surface area (Å²) in [5.74, 6) is -0.110. The lowest BCUT2D eigenvalue weighted by molar-refractivity contribution is -0.134. The molecule has 0 saturated carbocycles. The normalized spacial score (nSPS) is 15.5. The zero-order chi connectivity index (χ0) is 13.5. The maximum Gasteiger partial charge on any atom is 0.236 e. The van der Waals surface area contributed by atoms with Gasteiger partial charge in [-0.3, -0.25) is 4.79 Å². The Morgan fingerprint density at radius 2 is 1.95 bits per heavy atom. The van der Waals surface area contributed by atoms with Crippen molar-refractivity contribution in [3.63, 3.8) is 0 Å². The van der Waals surface area contributed by atoms with E-state index < -0.39 is 0 Å². The number of nitrogens with zero attached hydrogens (tertiary/aromatic N) is 1. The third-order valence-electron chi connectivity index (χ3n) is 3.14. The molecule has 1 aliphatic heterocycles. The zero-order valence-electron chi connectivity index (χ0n) is 10.9. The van der Waals surface area contributed by atoms with Crippen molar-refractivity contribution in [3.05, 3.63) is 35.6 Å². The van der Waals surface area contributed by atoms with Crippen molar-refractivity contribution in [2.45, 2.75) is 6.42 Å². The van der Waals surface area contributed by atoms with Crippen molar-refractivity contribution >= 4 is 5.91 Å². The monoisotopic (exact) mass is 266 g/mol. The molecule has 1 saturated heterocycles. The molecule has 0 spiro atoms. The number of nitrogens with one attached hydrogen (secondary N) is 1. The van der Waals surface area contributed by atoms with Gasteiger partial charge in [0.05, 0.1) is 19.8 Å². The van der Waals surface area contributed by atoms with Crippen LogP contribution in [0.25, 0.3) is 0 Å². The smallest absolute Gasteiger partial charge is 0.236 e. The van der Waals surface area contributed by atoms with E-state index in [9.17, 15) is 9.18 Å². The molecular formula is C14H19FN2O2. The van der Waals surface area contributed by atoms with Gasteiger partial charge in [-0.1, -0.05) is 12.1 Å². The standard InChI is InChI=1S/C14H19FN2O2/c15-13-3-1-12(2-4-13)5-6-16-11-14(18)17-7-9-19-10-8-17/h1-4,16H,5-11H2. The van der Waals surface area contributed by atoms with Gasteiger partial charge >= 0.3 is 0 Å². The Hall–Kier alpha value is -1.46. The number of hydrogen-bond donors (Lipinski definition) is 1. The molecule has 2 rings (SSSR count). The van der Waals surface area contributed by atoms with Gasteiger partial charge in [-0.25, -0.2) is 4.39 Å². The second-order valence-corrected chi connectivity index (χ2v) is 4.55. The van der Waals surface area contributed by atoms with Gasteiger partial charge < -0.3 is 15.0 Å². The molecule has 4 nitrogen and oxygen atoms in total. The minimum atomic E-state index is -0.223. The van der Waals surface area contributed by atoms with Crippen LogP contribution < -0.4 is 5.32 Å². The van der Waals surface area contributed by atoms with E-state index in [0.29, 0.717) is 39.4 Å². The highest BCUT2D eigenvalue weighted by Gasteiger charge is 2.15. The van der Waals surface area contributed by atoms with Gasteiger partial charge in [-0.15, -0.1) is 0 Å². The van der Waals surface area contributed by atoms with Crippen LogP contribution in [0.2, 0.25) is 0 Å². The van der Waals surface area contributed by atoms with Crippen molar-refractivity contribution in [2.75, 3.05) is 39.4 Å². The van der Waals surface area contributed by atoms with Crippen LogP contribution in [0, 0.1) is 5.82 Å². The van der Waals surface area contributed by atoms with Gasteiger partial charge in [0.25, 0.3) is 0 Å². The highest BCUT2D eigenvalue weighted by Crippen LogP contribution is 2.02. The van der Waals surface area contributed by atoms with Crippen LogP contribution in [0.3, 0.4) is 0 Å². The number of amides is 1. The Morgan fingerprint density at radius 3 is 2.63 bits per heavy atom. The third-order valence-corrected chi connectivity index (χ3v) is 3.14. The van der Waals surface area contributed by atoms with Gasteiger partial charge in [0.2, 0.25) is 5.91 Å². The van der Waals surface area contributed by atoms with Crippen molar-refractivity contribution in [2.24, 2.45) is 0 Å². The van der Waals surface area contributed by atoms with E-state index in [0.717, 1.165) is 12.0 Å². The second kappa shape index (κ2) is 7.21. The molecule has 0 aliphatic carbocycles. The highest BCUT2D eigenvalue weighted by molar-refractivity contribution is 5.78. The highest BCUT2D eigenvalue weighted by atomic mass is 19.1. The molecular weight excluding hydrogens is 247 g/mol. The number of morpholine rings is 1. The van der Waals surface area contributed by atoms with Gasteiger partial charge in [0, 0.05) is 13.1 Å². The number of halogens is 1. The van der Waals surface area contributed by atoms with E-state index in [1.54, 1.807) is 12.1 Å². The summed E-state index contributed by atoms with van der Waals surface area (Å²) in [6, 6.07) is 6.43. The third kappa shape index (κ3) is 4.61. The molecule has 1 amide bonds. The summed E-state index contributed by atoms with van der Waals surface area (Å²) in [6.45, 7) is 3.67. The number of ether oxygens (including phenoxy) is 1. The van der Waals surface area contributed by atoms with E-state index in [2.05, 4.69) is 5.32 Å². The van der Waals surface area contributed by atoms with Gasteiger partial charge in [-0.2, -0.15) is 0 Å². The Kier molecular flexibility index (Phi) is 5.30. The van der Waals surface area contributed by atoms with Crippen molar-refractivity contribution in [3.8, 4) is 0 Å². The minimum Gasteiger partial charge on any atom is -0.378 e. The van der Waals surface area contributed by atoms with Crippen molar-refractivity contribution in [1.29, 1.82) is 0 Å². The average molecular weight is 266 g/mol. The SMILES string of the molecule is O=C(CNCCc1ccc(F)cc1)N1CCOCC1. The fourth-order valence-electron chi connectivity index (χ4n) is 2.00. The van der Waals surface area contributed by atoms with E-state index in [1.165, 1.54) is 12.1 Å². The number of benzene rings is 1. The molecule has 0 atom stereocenters. The molecule has 1 heterocycles. The van der Waals surface area contributed by atoms with Crippen LogP contribution >= 0.6 is 0 Å². The maximum absolute atomic E-state index is 12.7. The molecule has 0 bridgehead atoms. The lowest BCUT2D eigenvalue weighted by Crippen LogP contribution is -2.44. The average Bonchev–Trinajstić information content (AvgIpc) is 2.46. The summed E-state index contributed by atoms with van der Waals surface area (Å²) in [6.07, 6.45) is 0.788. The molecule has 1 fully saturated rings. The summed E-state index contributed by atoms with van der Waals surface area (Å²) in [5, 5.41) is 3.12. The van der Waals surface area contributed by atoms with Crippen molar-refractivity contribution < 1.29 is 13.9 Å². The predicted molar refractivity (Wildman–Crippen MR) is 70.4 cm³/mol. The lowest BCUT2D eigenvalue weighted by atomic mass is 10.1. The van der Waals surface area contributed by atoms with Crippen LogP contribution in [0.4, 0.5) is 4.39 Å². The molecule has 19 heavy (non-hydrogen) atoms. The maximum atomic E-state index is 12.7. The summed E-state index contributed by atoms with van der Waals surface area (Å²) >= 11 is 0. The predicted octanol–water partition coefficient (Wildman–Crippen LogP) is 0.817. The first-order chi connectivity index (χ1) is 9.25. The van der Waals surface area contributed by atoms with Crippen LogP contribution in [-0.4, -0.2) is 50.2 Å². The van der Waals surface area contributed by atoms with Crippen LogP contribution in [0.5, 0.6) is 0 Å². The van der Waals surface area contributed by atoms with Gasteiger partial charge in [0.15, 0.2) is 0 Å². The van der Waals surface area contributed by atoms with Gasteiger partial charge in [-0.05, 0) is 30.7 Å². The van der Waals surface area contributed by atoms with E-state index >= 15 is 0 Å². The minimum absolute atomic E-state index is 0.113. The van der Waals surface area contributed by atoms with E-state index in [4.69, 9.17) is 4.74 Å². The van der Waals surface area contributed by atoms with Crippen LogP contribution in [-0.2, 0) is 16.0 Å². The summed E-state index contributed by atoms with van der Waals surface area (Å²) in [7, 11) is 0. The zero-order valence-corrected chi connectivity index (χ0v) is 10.9. The summed E-state index contributed by atoms with van der Waals surface area (Å²) in [5.41, 5.74) is 1.06. The Labute approximate surface area is 112 Å². The number of carbonyl (C=O) groups is 1. The Bertz CT molecular complexity index is 402. The fourth-order valence-corrected chi connectivity index (χ4v) is 2.00. The molecule has 104 valence electrons. The van der Waals surface area contributed by atoms with Gasteiger partial charge in [0.1, 0.15) is 5.82 Å². The quantitative estimate of drug-likeness (QED) is 0.802. The largest absolute Gasteiger partial charge is 0.378 e. The molecule has 1 N–H and O–H groups in total. The number of carbonyl (C=O) groups excluding carboxylic acids is 1. The Balaban J connectivity index is 1.63. The molecule has 1 aromatic rings. The van der Waals surface area contributed by atoms with E-state index in [1.807, 2.05) is 4.90 Å². The van der Waals surface area contributed by atoms with Crippen LogP contribution in [0.1, 0.15) is 5.56 Å². The topological polar surface area (TPSA) is 41.6 Å². The molecule has 0 aromatic heterocycles. The second-order valence-electron chi connectivity index (χ2n) is 4.55. The first kappa shape index (κ1) is 14.0. The number of hydrogen-bond acceptors (Lipinski definition) is 3. The first-order valence-corrected chi connectivity index (χ1v) is 6.56. The lowest BCUT2D eigenvalue weighted by Gasteiger charge is -2.26. The molecule has 0 radical (unpaired) electrons. The fraction of sp³-hybridized carbons (Fsp3) is 0.500. The molecule has 1 aromatic carbocycles. The summed E-state index contributed by atoms with van der Waals surface area (Å²) < 4.78 is 17.9. The Morgan fingerprint density at radius 1 is 1.26 bits per heavy atom. The molecule has 1 aliphatic rings. The molecule has 0 unspecified atom stereocenters. The van der Waals surface area contributed by atoms with Crippen molar-refractivity contribution in [1.82, 2.24) is 10.2 Å². The summed E-state index contributed by atoms with van der Waals surface area (Å²) in [4.78, 5) is 13.6. The number of rotatable bonds is 5. The first-order valence-electron chi connectivity index (χ1n) is 6.56. The van der Waals surface area contributed by atoms with Crippen LogP contribution in [0.15, 0.2) is 24.3 Å². The van der Waals surface area contributed by atoms with E-state index in [-0.39, 0.29) is 11.7 Å². The molecule has 5 heteroatoms.